The number of unbranched alkanes of at least 4 members (excludes halogenated alkanes) is 1. The molecule has 0 aliphatic carbocycles. The van der Waals surface area contributed by atoms with Crippen LogP contribution in [0.4, 0.5) is 0 Å². The molecular formula is C24H26N2O4. The summed E-state index contributed by atoms with van der Waals surface area (Å²) in [6, 6.07) is 12.1. The largest absolute Gasteiger partial charge is 0.493 e. The molecule has 0 atom stereocenters. The smallest absolute Gasteiger partial charge is 0.343 e. The maximum absolute atomic E-state index is 12.5. The monoisotopic (exact) mass is 406 g/mol. The van der Waals surface area contributed by atoms with Gasteiger partial charge in [-0.15, -0.1) is 0 Å². The Bertz CT molecular complexity index is 1000. The fraction of sp³-hybridized carbons (Fsp3) is 0.292. The number of nitrogens with one attached hydrogen (secondary N) is 1. The molecule has 0 radical (unpaired) electrons. The first-order valence-electron chi connectivity index (χ1n) is 9.77. The van der Waals surface area contributed by atoms with Gasteiger partial charge in [0.05, 0.1) is 12.7 Å². The number of aryl methyl sites for hydroxylation is 2. The molecule has 0 heterocycles. The average molecular weight is 406 g/mol. The lowest BCUT2D eigenvalue weighted by Gasteiger charge is -2.11. The van der Waals surface area contributed by atoms with Gasteiger partial charge < -0.3 is 14.8 Å². The molecule has 0 aliphatic rings. The minimum Gasteiger partial charge on any atom is -0.493 e. The van der Waals surface area contributed by atoms with Gasteiger partial charge in [0.15, 0.2) is 11.5 Å². The quantitative estimate of drug-likeness (QED) is 0.231. The number of nitriles is 1. The topological polar surface area (TPSA) is 88.4 Å². The third-order valence-corrected chi connectivity index (χ3v) is 4.62. The summed E-state index contributed by atoms with van der Waals surface area (Å²) in [4.78, 5) is 24.6. The summed E-state index contributed by atoms with van der Waals surface area (Å²) in [5.74, 6) is -0.337. The highest BCUT2D eigenvalue weighted by molar-refractivity contribution is 6.01. The number of hydrogen-bond acceptors (Lipinski definition) is 5. The number of ether oxygens (including phenoxy) is 2. The van der Waals surface area contributed by atoms with Gasteiger partial charge in [-0.2, -0.15) is 5.26 Å². The predicted molar refractivity (Wildman–Crippen MR) is 115 cm³/mol. The van der Waals surface area contributed by atoms with E-state index < -0.39 is 11.9 Å². The molecule has 6 nitrogen and oxygen atoms in total. The fourth-order valence-corrected chi connectivity index (χ4v) is 2.67. The van der Waals surface area contributed by atoms with Crippen molar-refractivity contribution in [3.63, 3.8) is 0 Å². The Kier molecular flexibility index (Phi) is 8.18. The Morgan fingerprint density at radius 2 is 1.87 bits per heavy atom. The lowest BCUT2D eigenvalue weighted by atomic mass is 10.1. The summed E-state index contributed by atoms with van der Waals surface area (Å²) in [5.41, 5.74) is 3.11. The highest BCUT2D eigenvalue weighted by Gasteiger charge is 2.14. The number of amides is 1. The first-order chi connectivity index (χ1) is 14.4. The maximum Gasteiger partial charge on any atom is 0.343 e. The average Bonchev–Trinajstić information content (AvgIpc) is 2.74. The standard InChI is InChI=1S/C24H26N2O4/c1-5-6-11-26-23(27)20(15-25)13-18-8-10-21(22(14-18)29-4)30-24(28)19-9-7-16(2)17(3)12-19/h7-10,12-14H,5-6,11H2,1-4H3,(H,26,27)/b20-13+. The molecule has 0 unspecified atom stereocenters. The minimum absolute atomic E-state index is 0.00645. The van der Waals surface area contributed by atoms with Crippen LogP contribution in [-0.2, 0) is 4.79 Å². The molecule has 2 aromatic carbocycles. The molecule has 1 amide bonds. The number of methoxy groups -OCH3 is 1. The van der Waals surface area contributed by atoms with Gasteiger partial charge in [0.1, 0.15) is 11.6 Å². The predicted octanol–water partition coefficient (Wildman–Crippen LogP) is 4.35. The molecule has 0 aromatic heterocycles. The lowest BCUT2D eigenvalue weighted by molar-refractivity contribution is -0.117. The van der Waals surface area contributed by atoms with E-state index in [2.05, 4.69) is 5.32 Å². The molecule has 156 valence electrons. The third kappa shape index (κ3) is 5.95. The van der Waals surface area contributed by atoms with Gasteiger partial charge in [0.25, 0.3) is 5.91 Å². The normalized spacial score (nSPS) is 10.8. The van der Waals surface area contributed by atoms with Crippen LogP contribution < -0.4 is 14.8 Å². The van der Waals surface area contributed by atoms with Gasteiger partial charge in [-0.25, -0.2) is 4.79 Å². The number of rotatable bonds is 8. The zero-order chi connectivity index (χ0) is 22.1. The van der Waals surface area contributed by atoms with E-state index >= 15 is 0 Å². The summed E-state index contributed by atoms with van der Waals surface area (Å²) >= 11 is 0. The van der Waals surface area contributed by atoms with Gasteiger partial charge in [0.2, 0.25) is 0 Å². The summed E-state index contributed by atoms with van der Waals surface area (Å²) < 4.78 is 10.8. The number of hydrogen-bond donors (Lipinski definition) is 1. The summed E-state index contributed by atoms with van der Waals surface area (Å²) in [5, 5.41) is 12.0. The van der Waals surface area contributed by atoms with Crippen LogP contribution in [0, 0.1) is 25.2 Å². The molecule has 0 fully saturated rings. The highest BCUT2D eigenvalue weighted by atomic mass is 16.6. The van der Waals surface area contributed by atoms with Crippen LogP contribution in [-0.4, -0.2) is 25.5 Å². The molecular weight excluding hydrogens is 380 g/mol. The molecule has 2 rings (SSSR count). The van der Waals surface area contributed by atoms with E-state index in [1.54, 1.807) is 30.3 Å². The van der Waals surface area contributed by atoms with Crippen molar-refractivity contribution >= 4 is 18.0 Å². The first kappa shape index (κ1) is 22.7. The SMILES string of the molecule is CCCCNC(=O)/C(C#N)=C/c1ccc(OC(=O)c2ccc(C)c(C)c2)c(OC)c1. The van der Waals surface area contributed by atoms with E-state index in [4.69, 9.17) is 9.47 Å². The molecule has 2 aromatic rings. The van der Waals surface area contributed by atoms with Crippen molar-refractivity contribution in [3.05, 3.63) is 64.2 Å². The number of benzene rings is 2. The Morgan fingerprint density at radius 3 is 2.50 bits per heavy atom. The van der Waals surface area contributed by atoms with Gasteiger partial charge in [0, 0.05) is 6.54 Å². The van der Waals surface area contributed by atoms with Crippen LogP contribution in [0.1, 0.15) is 46.8 Å². The Hall–Kier alpha value is -3.59. The molecule has 6 heteroatoms. The van der Waals surface area contributed by atoms with Crippen LogP contribution in [0.15, 0.2) is 42.0 Å². The van der Waals surface area contributed by atoms with Crippen molar-refractivity contribution in [1.29, 1.82) is 5.26 Å². The second-order valence-corrected chi connectivity index (χ2v) is 6.88. The van der Waals surface area contributed by atoms with Crippen LogP contribution in [0.3, 0.4) is 0 Å². The van der Waals surface area contributed by atoms with E-state index in [0.717, 1.165) is 24.0 Å². The molecule has 0 spiro atoms. The summed E-state index contributed by atoms with van der Waals surface area (Å²) in [6.07, 6.45) is 3.27. The van der Waals surface area contributed by atoms with E-state index in [9.17, 15) is 14.9 Å². The van der Waals surface area contributed by atoms with Gasteiger partial charge in [-0.05, 0) is 67.3 Å². The molecule has 30 heavy (non-hydrogen) atoms. The van der Waals surface area contributed by atoms with Crippen LogP contribution in [0.5, 0.6) is 11.5 Å². The number of nitrogens with zero attached hydrogens (tertiary/aromatic N) is 1. The highest BCUT2D eigenvalue weighted by Crippen LogP contribution is 2.30. The first-order valence-corrected chi connectivity index (χ1v) is 9.77. The van der Waals surface area contributed by atoms with Crippen molar-refractivity contribution < 1.29 is 19.1 Å². The Balaban J connectivity index is 2.21. The van der Waals surface area contributed by atoms with Gasteiger partial charge in [-0.1, -0.05) is 25.5 Å². The summed E-state index contributed by atoms with van der Waals surface area (Å²) in [7, 11) is 1.46. The zero-order valence-electron chi connectivity index (χ0n) is 17.7. The van der Waals surface area contributed by atoms with E-state index in [-0.39, 0.29) is 11.3 Å². The Morgan fingerprint density at radius 1 is 1.10 bits per heavy atom. The third-order valence-electron chi connectivity index (χ3n) is 4.62. The van der Waals surface area contributed by atoms with Crippen LogP contribution in [0.2, 0.25) is 0 Å². The van der Waals surface area contributed by atoms with Crippen molar-refractivity contribution in [2.24, 2.45) is 0 Å². The van der Waals surface area contributed by atoms with Crippen molar-refractivity contribution in [1.82, 2.24) is 5.32 Å². The molecule has 0 aliphatic heterocycles. The second kappa shape index (κ2) is 10.8. The minimum atomic E-state index is -0.493. The van der Waals surface area contributed by atoms with E-state index in [1.165, 1.54) is 13.2 Å². The Labute approximate surface area is 177 Å². The van der Waals surface area contributed by atoms with Gasteiger partial charge in [-0.3, -0.25) is 4.79 Å². The zero-order valence-corrected chi connectivity index (χ0v) is 17.7. The number of carbonyl (C=O) groups excluding carboxylic acids is 2. The van der Waals surface area contributed by atoms with Gasteiger partial charge >= 0.3 is 5.97 Å². The van der Waals surface area contributed by atoms with Crippen LogP contribution >= 0.6 is 0 Å². The van der Waals surface area contributed by atoms with Crippen molar-refractivity contribution in [2.45, 2.75) is 33.6 Å². The maximum atomic E-state index is 12.5. The lowest BCUT2D eigenvalue weighted by Crippen LogP contribution is -2.25. The second-order valence-electron chi connectivity index (χ2n) is 6.88. The fourth-order valence-electron chi connectivity index (χ4n) is 2.67. The number of carbonyl (C=O) groups is 2. The van der Waals surface area contributed by atoms with E-state index in [1.807, 2.05) is 32.9 Å². The van der Waals surface area contributed by atoms with Crippen molar-refractivity contribution in [3.8, 4) is 17.6 Å². The van der Waals surface area contributed by atoms with E-state index in [0.29, 0.717) is 23.4 Å². The molecule has 0 saturated heterocycles. The molecule has 1 N–H and O–H groups in total. The van der Waals surface area contributed by atoms with Crippen LogP contribution in [0.25, 0.3) is 6.08 Å². The number of esters is 1. The molecule has 0 saturated carbocycles. The summed E-state index contributed by atoms with van der Waals surface area (Å²) in [6.45, 7) is 6.44. The molecule has 0 bridgehead atoms. The van der Waals surface area contributed by atoms with Crippen molar-refractivity contribution in [2.75, 3.05) is 13.7 Å².